The van der Waals surface area contributed by atoms with Gasteiger partial charge in [-0.05, 0) is 47.4 Å². The van der Waals surface area contributed by atoms with Crippen LogP contribution in [0.1, 0.15) is 22.7 Å². The van der Waals surface area contributed by atoms with E-state index in [-0.39, 0.29) is 6.54 Å². The Hall–Kier alpha value is -1.80. The van der Waals surface area contributed by atoms with Crippen molar-refractivity contribution in [3.63, 3.8) is 0 Å². The summed E-state index contributed by atoms with van der Waals surface area (Å²) >= 11 is 5.97. The van der Waals surface area contributed by atoms with E-state index in [4.69, 9.17) is 26.2 Å². The SMILES string of the molecule is COc1cc2c(cc1OC)C(c1ccc(Cl)cc1)N(S(N)(=O)=O)CC2. The van der Waals surface area contributed by atoms with Crippen LogP contribution < -0.4 is 14.6 Å². The summed E-state index contributed by atoms with van der Waals surface area (Å²) in [6.45, 7) is 0.286. The first-order chi connectivity index (χ1) is 11.8. The van der Waals surface area contributed by atoms with Crippen LogP contribution in [0.2, 0.25) is 5.02 Å². The number of ether oxygens (including phenoxy) is 2. The predicted molar refractivity (Wildman–Crippen MR) is 96.4 cm³/mol. The number of methoxy groups -OCH3 is 2. The zero-order chi connectivity index (χ0) is 18.2. The maximum absolute atomic E-state index is 12.1. The van der Waals surface area contributed by atoms with E-state index in [1.807, 2.05) is 12.1 Å². The molecular weight excluding hydrogens is 364 g/mol. The highest BCUT2D eigenvalue weighted by Crippen LogP contribution is 2.41. The maximum atomic E-state index is 12.1. The molecule has 0 aromatic heterocycles. The predicted octanol–water partition coefficient (Wildman–Crippen LogP) is 2.51. The summed E-state index contributed by atoms with van der Waals surface area (Å²) in [5.74, 6) is 1.15. The van der Waals surface area contributed by atoms with Crippen LogP contribution in [0.3, 0.4) is 0 Å². The lowest BCUT2D eigenvalue weighted by molar-refractivity contribution is 0.332. The molecule has 134 valence electrons. The second-order valence-electron chi connectivity index (χ2n) is 5.77. The number of halogens is 1. The third kappa shape index (κ3) is 3.46. The van der Waals surface area contributed by atoms with Crippen LogP contribution in [0.5, 0.6) is 11.5 Å². The van der Waals surface area contributed by atoms with E-state index in [1.54, 1.807) is 38.5 Å². The van der Waals surface area contributed by atoms with Crippen LogP contribution in [0, 0.1) is 0 Å². The van der Waals surface area contributed by atoms with Crippen molar-refractivity contribution in [1.82, 2.24) is 4.31 Å². The third-order valence-electron chi connectivity index (χ3n) is 4.34. The average molecular weight is 383 g/mol. The van der Waals surface area contributed by atoms with Gasteiger partial charge in [0, 0.05) is 11.6 Å². The van der Waals surface area contributed by atoms with Gasteiger partial charge in [-0.2, -0.15) is 12.7 Å². The minimum absolute atomic E-state index is 0.286. The summed E-state index contributed by atoms with van der Waals surface area (Å²) in [7, 11) is -0.770. The molecule has 0 aliphatic carbocycles. The van der Waals surface area contributed by atoms with E-state index in [0.717, 1.165) is 16.7 Å². The van der Waals surface area contributed by atoms with Crippen molar-refractivity contribution in [3.05, 3.63) is 58.1 Å². The van der Waals surface area contributed by atoms with Gasteiger partial charge in [0.05, 0.1) is 20.3 Å². The lowest BCUT2D eigenvalue weighted by Gasteiger charge is -2.36. The Morgan fingerprint density at radius 1 is 1.12 bits per heavy atom. The van der Waals surface area contributed by atoms with E-state index >= 15 is 0 Å². The Bertz CT molecular complexity index is 884. The normalized spacial score (nSPS) is 17.8. The van der Waals surface area contributed by atoms with Gasteiger partial charge in [0.1, 0.15) is 0 Å². The zero-order valence-corrected chi connectivity index (χ0v) is 15.5. The first kappa shape index (κ1) is 18.0. The lowest BCUT2D eigenvalue weighted by atomic mass is 9.89. The quantitative estimate of drug-likeness (QED) is 0.880. The minimum Gasteiger partial charge on any atom is -0.493 e. The monoisotopic (exact) mass is 382 g/mol. The molecule has 0 saturated heterocycles. The highest BCUT2D eigenvalue weighted by Gasteiger charge is 2.35. The average Bonchev–Trinajstić information content (AvgIpc) is 2.59. The topological polar surface area (TPSA) is 81.9 Å². The Balaban J connectivity index is 2.21. The maximum Gasteiger partial charge on any atom is 0.277 e. The molecule has 0 spiro atoms. The number of nitrogens with two attached hydrogens (primary N) is 1. The summed E-state index contributed by atoms with van der Waals surface area (Å²) in [5.41, 5.74) is 2.60. The van der Waals surface area contributed by atoms with Crippen molar-refractivity contribution in [3.8, 4) is 11.5 Å². The first-order valence-electron chi connectivity index (χ1n) is 7.65. The van der Waals surface area contributed by atoms with Crippen molar-refractivity contribution in [1.29, 1.82) is 0 Å². The van der Waals surface area contributed by atoms with Crippen LogP contribution in [0.4, 0.5) is 0 Å². The molecule has 1 aliphatic heterocycles. The molecule has 2 aromatic rings. The van der Waals surface area contributed by atoms with E-state index in [2.05, 4.69) is 0 Å². The van der Waals surface area contributed by atoms with Crippen LogP contribution in [-0.4, -0.2) is 33.5 Å². The van der Waals surface area contributed by atoms with Crippen molar-refractivity contribution in [2.45, 2.75) is 12.5 Å². The standard InChI is InChI=1S/C17H19ClN2O4S/c1-23-15-9-12-7-8-20(25(19,21)22)17(14(12)10-16(15)24-2)11-3-5-13(18)6-4-11/h3-6,9-10,17H,7-8H2,1-2H3,(H2,19,21,22). The molecule has 2 N–H and O–H groups in total. The Morgan fingerprint density at radius 3 is 2.28 bits per heavy atom. The fourth-order valence-corrected chi connectivity index (χ4v) is 4.19. The fraction of sp³-hybridized carbons (Fsp3) is 0.294. The Labute approximate surface area is 152 Å². The Kier molecular flexibility index (Phi) is 4.92. The number of hydrogen-bond donors (Lipinski definition) is 1. The number of rotatable bonds is 4. The van der Waals surface area contributed by atoms with Gasteiger partial charge in [0.2, 0.25) is 0 Å². The number of fused-ring (bicyclic) bond motifs is 1. The van der Waals surface area contributed by atoms with Gasteiger partial charge in [-0.15, -0.1) is 0 Å². The van der Waals surface area contributed by atoms with E-state index in [9.17, 15) is 8.42 Å². The minimum atomic E-state index is -3.88. The van der Waals surface area contributed by atoms with Gasteiger partial charge in [0.25, 0.3) is 10.2 Å². The number of nitrogens with zero attached hydrogens (tertiary/aromatic N) is 1. The van der Waals surface area contributed by atoms with Crippen molar-refractivity contribution in [2.75, 3.05) is 20.8 Å². The molecule has 0 saturated carbocycles. The van der Waals surface area contributed by atoms with Gasteiger partial charge >= 0.3 is 0 Å². The molecule has 1 unspecified atom stereocenters. The first-order valence-corrected chi connectivity index (χ1v) is 9.53. The van der Waals surface area contributed by atoms with Crippen LogP contribution in [-0.2, 0) is 16.6 Å². The molecule has 3 rings (SSSR count). The van der Waals surface area contributed by atoms with E-state index in [1.165, 1.54) is 4.31 Å². The molecule has 0 amide bonds. The molecule has 8 heteroatoms. The molecule has 0 radical (unpaired) electrons. The molecular formula is C17H19ClN2O4S. The fourth-order valence-electron chi connectivity index (χ4n) is 3.19. The number of hydrogen-bond acceptors (Lipinski definition) is 4. The van der Waals surface area contributed by atoms with Gasteiger partial charge < -0.3 is 9.47 Å². The van der Waals surface area contributed by atoms with Crippen LogP contribution >= 0.6 is 11.6 Å². The highest BCUT2D eigenvalue weighted by molar-refractivity contribution is 7.86. The van der Waals surface area contributed by atoms with Crippen molar-refractivity contribution >= 4 is 21.8 Å². The van der Waals surface area contributed by atoms with Crippen molar-refractivity contribution < 1.29 is 17.9 Å². The van der Waals surface area contributed by atoms with E-state index < -0.39 is 16.3 Å². The number of benzene rings is 2. The third-order valence-corrected chi connectivity index (χ3v) is 5.64. The zero-order valence-electron chi connectivity index (χ0n) is 13.9. The smallest absolute Gasteiger partial charge is 0.277 e. The molecule has 1 aliphatic rings. The molecule has 0 bridgehead atoms. The summed E-state index contributed by atoms with van der Waals surface area (Å²) in [4.78, 5) is 0. The van der Waals surface area contributed by atoms with Crippen molar-refractivity contribution in [2.24, 2.45) is 5.14 Å². The highest BCUT2D eigenvalue weighted by atomic mass is 35.5. The summed E-state index contributed by atoms with van der Waals surface area (Å²) in [6.07, 6.45) is 0.538. The second kappa shape index (κ2) is 6.84. The van der Waals surface area contributed by atoms with E-state index in [0.29, 0.717) is 22.9 Å². The van der Waals surface area contributed by atoms with Gasteiger partial charge in [-0.3, -0.25) is 0 Å². The largest absolute Gasteiger partial charge is 0.493 e. The van der Waals surface area contributed by atoms with Gasteiger partial charge in [0.15, 0.2) is 11.5 Å². The molecule has 1 heterocycles. The lowest BCUT2D eigenvalue weighted by Crippen LogP contribution is -2.44. The molecule has 1 atom stereocenters. The Morgan fingerprint density at radius 2 is 1.72 bits per heavy atom. The molecule has 25 heavy (non-hydrogen) atoms. The molecule has 0 fully saturated rings. The second-order valence-corrected chi connectivity index (χ2v) is 7.70. The van der Waals surface area contributed by atoms with Crippen LogP contribution in [0.25, 0.3) is 0 Å². The summed E-state index contributed by atoms with van der Waals surface area (Å²) < 4.78 is 36.3. The van der Waals surface area contributed by atoms with Gasteiger partial charge in [-0.1, -0.05) is 23.7 Å². The summed E-state index contributed by atoms with van der Waals surface area (Å²) in [6, 6.07) is 10.2. The van der Waals surface area contributed by atoms with Crippen LogP contribution in [0.15, 0.2) is 36.4 Å². The molecule has 2 aromatic carbocycles. The van der Waals surface area contributed by atoms with Gasteiger partial charge in [-0.25, -0.2) is 5.14 Å². The molecule has 6 nitrogen and oxygen atoms in total. The summed E-state index contributed by atoms with van der Waals surface area (Å²) in [5, 5.41) is 6.05.